The highest BCUT2D eigenvalue weighted by atomic mass is 35.5. The van der Waals surface area contributed by atoms with Gasteiger partial charge in [-0.1, -0.05) is 38.3 Å². The number of nitrogens with one attached hydrogen (secondary N) is 1. The number of hydrogen-bond donors (Lipinski definition) is 1. The van der Waals surface area contributed by atoms with Gasteiger partial charge in [-0.2, -0.15) is 0 Å². The van der Waals surface area contributed by atoms with Crippen molar-refractivity contribution in [2.75, 3.05) is 6.54 Å². The van der Waals surface area contributed by atoms with Crippen LogP contribution in [-0.2, 0) is 0 Å². The molecule has 0 saturated heterocycles. The van der Waals surface area contributed by atoms with Gasteiger partial charge in [-0.25, -0.2) is 9.37 Å². The lowest BCUT2D eigenvalue weighted by atomic mass is 9.78. The summed E-state index contributed by atoms with van der Waals surface area (Å²) >= 11 is 5.87. The zero-order valence-corrected chi connectivity index (χ0v) is 13.3. The smallest absolute Gasteiger partial charge is 0.254 e. The molecule has 1 N–H and O–H groups in total. The molecular weight excluding hydrogens is 291 g/mol. The first kappa shape index (κ1) is 16.2. The van der Waals surface area contributed by atoms with Crippen molar-refractivity contribution in [3.05, 3.63) is 28.8 Å². The largest absolute Gasteiger partial charge is 0.351 e. The monoisotopic (exact) mass is 312 g/mol. The number of aromatic nitrogens is 1. The van der Waals surface area contributed by atoms with Gasteiger partial charge >= 0.3 is 0 Å². The fraction of sp³-hybridized carbons (Fsp3) is 0.625. The second-order valence-corrected chi connectivity index (χ2v) is 6.84. The minimum absolute atomic E-state index is 0.0400. The number of carbonyl (C=O) groups is 1. The molecule has 1 amide bonds. The fourth-order valence-corrected chi connectivity index (χ4v) is 3.58. The molecule has 1 aromatic rings. The highest BCUT2D eigenvalue weighted by Crippen LogP contribution is 2.42. The van der Waals surface area contributed by atoms with Crippen LogP contribution in [0.4, 0.5) is 4.39 Å². The lowest BCUT2D eigenvalue weighted by Crippen LogP contribution is -2.37. The van der Waals surface area contributed by atoms with Crippen molar-refractivity contribution in [2.24, 2.45) is 11.3 Å². The number of amides is 1. The van der Waals surface area contributed by atoms with Crippen LogP contribution in [0.5, 0.6) is 0 Å². The maximum absolute atomic E-state index is 13.2. The second-order valence-electron chi connectivity index (χ2n) is 6.48. The summed E-state index contributed by atoms with van der Waals surface area (Å²) in [7, 11) is 0. The summed E-state index contributed by atoms with van der Waals surface area (Å²) < 4.78 is 13.2. The number of pyridine rings is 1. The van der Waals surface area contributed by atoms with E-state index in [4.69, 9.17) is 11.6 Å². The Hall–Kier alpha value is -1.16. The van der Waals surface area contributed by atoms with Crippen molar-refractivity contribution >= 4 is 17.5 Å². The molecule has 1 aromatic heterocycles. The summed E-state index contributed by atoms with van der Waals surface area (Å²) in [6.07, 6.45) is 6.82. The van der Waals surface area contributed by atoms with Gasteiger partial charge in [-0.15, -0.1) is 0 Å². The molecule has 1 aliphatic rings. The Kier molecular flexibility index (Phi) is 5.20. The third-order valence-electron chi connectivity index (χ3n) is 4.18. The van der Waals surface area contributed by atoms with Gasteiger partial charge in [-0.05, 0) is 36.7 Å². The topological polar surface area (TPSA) is 42.0 Å². The van der Waals surface area contributed by atoms with Crippen molar-refractivity contribution in [3.8, 4) is 0 Å². The lowest BCUT2D eigenvalue weighted by Gasteiger charge is -2.31. The van der Waals surface area contributed by atoms with E-state index < -0.39 is 5.82 Å². The Morgan fingerprint density at radius 1 is 1.48 bits per heavy atom. The fourth-order valence-electron chi connectivity index (χ4n) is 3.39. The molecule has 3 nitrogen and oxygen atoms in total. The molecule has 1 aliphatic carbocycles. The SMILES string of the molecule is CC(C)CC1(CNC(=O)c2cc(F)cnc2Cl)CCCC1. The zero-order valence-electron chi connectivity index (χ0n) is 12.6. The Bertz CT molecular complexity index is 513. The van der Waals surface area contributed by atoms with Gasteiger partial charge in [0.05, 0.1) is 11.8 Å². The van der Waals surface area contributed by atoms with Crippen LogP contribution in [0.1, 0.15) is 56.3 Å². The predicted octanol–water partition coefficient (Wildman–Crippen LogP) is 4.21. The van der Waals surface area contributed by atoms with E-state index in [1.807, 2.05) is 0 Å². The first-order chi connectivity index (χ1) is 9.92. The molecular formula is C16H22ClFN2O. The Morgan fingerprint density at radius 2 is 2.14 bits per heavy atom. The van der Waals surface area contributed by atoms with Crippen molar-refractivity contribution in [2.45, 2.75) is 46.0 Å². The molecule has 0 bridgehead atoms. The molecule has 1 fully saturated rings. The number of carbonyl (C=O) groups excluding carboxylic acids is 1. The van der Waals surface area contributed by atoms with E-state index in [1.165, 1.54) is 12.8 Å². The zero-order chi connectivity index (χ0) is 15.5. The van der Waals surface area contributed by atoms with E-state index in [1.54, 1.807) is 0 Å². The van der Waals surface area contributed by atoms with Crippen LogP contribution in [-0.4, -0.2) is 17.4 Å². The van der Waals surface area contributed by atoms with Crippen LogP contribution in [0.25, 0.3) is 0 Å². The molecule has 1 heterocycles. The molecule has 21 heavy (non-hydrogen) atoms. The molecule has 1 saturated carbocycles. The average molecular weight is 313 g/mol. The quantitative estimate of drug-likeness (QED) is 0.827. The summed E-state index contributed by atoms with van der Waals surface area (Å²) in [6, 6.07) is 1.13. The number of hydrogen-bond acceptors (Lipinski definition) is 2. The minimum Gasteiger partial charge on any atom is -0.351 e. The average Bonchev–Trinajstić information content (AvgIpc) is 2.87. The molecule has 0 aliphatic heterocycles. The summed E-state index contributed by atoms with van der Waals surface area (Å²) in [5.41, 5.74) is 0.284. The maximum Gasteiger partial charge on any atom is 0.254 e. The van der Waals surface area contributed by atoms with Crippen LogP contribution in [0.3, 0.4) is 0 Å². The molecule has 116 valence electrons. The predicted molar refractivity (Wildman–Crippen MR) is 81.9 cm³/mol. The molecule has 5 heteroatoms. The van der Waals surface area contributed by atoms with Crippen molar-refractivity contribution in [1.82, 2.24) is 10.3 Å². The Labute approximate surface area is 130 Å². The summed E-state index contributed by atoms with van der Waals surface area (Å²) in [4.78, 5) is 15.9. The van der Waals surface area contributed by atoms with Gasteiger partial charge in [0.2, 0.25) is 0 Å². The van der Waals surface area contributed by atoms with E-state index in [-0.39, 0.29) is 22.0 Å². The first-order valence-corrected chi connectivity index (χ1v) is 7.89. The number of nitrogens with zero attached hydrogens (tertiary/aromatic N) is 1. The van der Waals surface area contributed by atoms with Crippen LogP contribution < -0.4 is 5.32 Å². The van der Waals surface area contributed by atoms with Crippen LogP contribution in [0.2, 0.25) is 5.15 Å². The minimum atomic E-state index is -0.553. The van der Waals surface area contributed by atoms with Gasteiger partial charge < -0.3 is 5.32 Å². The summed E-state index contributed by atoms with van der Waals surface area (Å²) in [5.74, 6) is -0.302. The van der Waals surface area contributed by atoms with Gasteiger partial charge in [0, 0.05) is 6.54 Å². The third kappa shape index (κ3) is 4.16. The summed E-state index contributed by atoms with van der Waals surface area (Å²) in [6.45, 7) is 5.03. The lowest BCUT2D eigenvalue weighted by molar-refractivity contribution is 0.0921. The van der Waals surface area contributed by atoms with E-state index in [9.17, 15) is 9.18 Å². The van der Waals surface area contributed by atoms with E-state index >= 15 is 0 Å². The highest BCUT2D eigenvalue weighted by Gasteiger charge is 2.34. The highest BCUT2D eigenvalue weighted by molar-refractivity contribution is 6.32. The van der Waals surface area contributed by atoms with Gasteiger partial charge in [0.1, 0.15) is 11.0 Å². The molecule has 2 rings (SSSR count). The number of halogens is 2. The van der Waals surface area contributed by atoms with Gasteiger partial charge in [0.15, 0.2) is 0 Å². The Balaban J connectivity index is 2.03. The van der Waals surface area contributed by atoms with Crippen LogP contribution in [0.15, 0.2) is 12.3 Å². The molecule has 0 unspecified atom stereocenters. The maximum atomic E-state index is 13.2. The molecule has 0 radical (unpaired) electrons. The first-order valence-electron chi connectivity index (χ1n) is 7.51. The van der Waals surface area contributed by atoms with Crippen molar-refractivity contribution in [3.63, 3.8) is 0 Å². The normalized spacial score (nSPS) is 17.2. The van der Waals surface area contributed by atoms with Crippen LogP contribution in [0, 0.1) is 17.2 Å². The van der Waals surface area contributed by atoms with E-state index in [2.05, 4.69) is 24.1 Å². The third-order valence-corrected chi connectivity index (χ3v) is 4.48. The van der Waals surface area contributed by atoms with E-state index in [0.717, 1.165) is 31.5 Å². The van der Waals surface area contributed by atoms with Crippen LogP contribution >= 0.6 is 11.6 Å². The van der Waals surface area contributed by atoms with Crippen molar-refractivity contribution < 1.29 is 9.18 Å². The Morgan fingerprint density at radius 3 is 2.76 bits per heavy atom. The van der Waals surface area contributed by atoms with E-state index in [0.29, 0.717) is 12.5 Å². The number of rotatable bonds is 5. The standard InChI is InChI=1S/C16H22ClFN2O/c1-11(2)8-16(5-3-4-6-16)10-20-15(21)13-7-12(18)9-19-14(13)17/h7,9,11H,3-6,8,10H2,1-2H3,(H,20,21). The molecule has 0 spiro atoms. The second kappa shape index (κ2) is 6.73. The molecule has 0 aromatic carbocycles. The summed E-state index contributed by atoms with van der Waals surface area (Å²) in [5, 5.41) is 2.97. The molecule has 0 atom stereocenters. The van der Waals surface area contributed by atoms with Gasteiger partial charge in [0.25, 0.3) is 5.91 Å². The van der Waals surface area contributed by atoms with Gasteiger partial charge in [-0.3, -0.25) is 4.79 Å². The van der Waals surface area contributed by atoms with Crippen molar-refractivity contribution in [1.29, 1.82) is 0 Å².